The summed E-state index contributed by atoms with van der Waals surface area (Å²) in [5, 5.41) is 7.29. The van der Waals surface area contributed by atoms with Gasteiger partial charge in [-0.2, -0.15) is 5.10 Å². The van der Waals surface area contributed by atoms with Crippen LogP contribution in [-0.4, -0.2) is 22.2 Å². The fourth-order valence-corrected chi connectivity index (χ4v) is 2.45. The maximum atomic E-state index is 12.0. The molecule has 1 amide bonds. The highest BCUT2D eigenvalue weighted by molar-refractivity contribution is 5.91. The van der Waals surface area contributed by atoms with Gasteiger partial charge in [-0.15, -0.1) is 0 Å². The van der Waals surface area contributed by atoms with Gasteiger partial charge in [0.05, 0.1) is 11.4 Å². The van der Waals surface area contributed by atoms with Crippen LogP contribution >= 0.6 is 0 Å². The molecule has 1 rings (SSSR count). The van der Waals surface area contributed by atoms with Gasteiger partial charge in [-0.3, -0.25) is 9.48 Å². The molecule has 0 aliphatic heterocycles. The third-order valence-electron chi connectivity index (χ3n) is 3.74. The van der Waals surface area contributed by atoms with Crippen LogP contribution in [0.25, 0.3) is 0 Å². The van der Waals surface area contributed by atoms with E-state index in [0.717, 1.165) is 30.6 Å². The number of anilines is 1. The Kier molecular flexibility index (Phi) is 6.71. The van der Waals surface area contributed by atoms with Gasteiger partial charge in [-0.05, 0) is 37.6 Å². The molecule has 5 heteroatoms. The van der Waals surface area contributed by atoms with Crippen LogP contribution in [0.5, 0.6) is 0 Å². The van der Waals surface area contributed by atoms with Gasteiger partial charge >= 0.3 is 0 Å². The first-order chi connectivity index (χ1) is 9.47. The molecule has 0 saturated heterocycles. The summed E-state index contributed by atoms with van der Waals surface area (Å²) in [4.78, 5) is 12.0. The highest BCUT2D eigenvalue weighted by atomic mass is 16.1. The van der Waals surface area contributed by atoms with Gasteiger partial charge in [0.1, 0.15) is 0 Å². The summed E-state index contributed by atoms with van der Waals surface area (Å²) >= 11 is 0. The van der Waals surface area contributed by atoms with Crippen molar-refractivity contribution in [3.63, 3.8) is 0 Å². The number of rotatable bonds is 8. The molecule has 20 heavy (non-hydrogen) atoms. The molecular weight excluding hydrogens is 252 g/mol. The molecule has 5 nitrogen and oxygen atoms in total. The SMILES string of the molecule is CCc1nn(C)cc1NC(=O)CCC(CCN)C(C)C. The van der Waals surface area contributed by atoms with Gasteiger partial charge in [0, 0.05) is 19.7 Å². The van der Waals surface area contributed by atoms with Crippen LogP contribution in [0.2, 0.25) is 0 Å². The van der Waals surface area contributed by atoms with Crippen LogP contribution < -0.4 is 11.1 Å². The lowest BCUT2D eigenvalue weighted by Gasteiger charge is -2.19. The molecule has 1 unspecified atom stereocenters. The van der Waals surface area contributed by atoms with E-state index in [-0.39, 0.29) is 5.91 Å². The predicted octanol–water partition coefficient (Wildman–Crippen LogP) is 2.32. The van der Waals surface area contributed by atoms with E-state index < -0.39 is 0 Å². The Bertz CT molecular complexity index is 426. The molecule has 0 bridgehead atoms. The van der Waals surface area contributed by atoms with Gasteiger partial charge in [0.25, 0.3) is 0 Å². The minimum Gasteiger partial charge on any atom is -0.330 e. The van der Waals surface area contributed by atoms with Crippen molar-refractivity contribution in [1.29, 1.82) is 0 Å². The van der Waals surface area contributed by atoms with Gasteiger partial charge < -0.3 is 11.1 Å². The molecular formula is C15H28N4O. The maximum absolute atomic E-state index is 12.0. The lowest BCUT2D eigenvalue weighted by Crippen LogP contribution is -2.18. The Morgan fingerprint density at radius 1 is 1.45 bits per heavy atom. The minimum absolute atomic E-state index is 0.0652. The quantitative estimate of drug-likeness (QED) is 0.767. The van der Waals surface area contributed by atoms with Crippen LogP contribution in [-0.2, 0) is 18.3 Å². The summed E-state index contributed by atoms with van der Waals surface area (Å²) in [6.45, 7) is 7.10. The van der Waals surface area contributed by atoms with Crippen LogP contribution in [0.1, 0.15) is 45.7 Å². The van der Waals surface area contributed by atoms with Crippen molar-refractivity contribution in [2.45, 2.75) is 46.5 Å². The normalized spacial score (nSPS) is 12.7. The van der Waals surface area contributed by atoms with E-state index in [4.69, 9.17) is 5.73 Å². The molecule has 0 spiro atoms. The standard InChI is InChI=1S/C15H28N4O/c1-5-13-14(10-19(4)18-13)17-15(20)7-6-12(8-9-16)11(2)3/h10-12H,5-9,16H2,1-4H3,(H,17,20). The van der Waals surface area contributed by atoms with Crippen molar-refractivity contribution >= 4 is 11.6 Å². The van der Waals surface area contributed by atoms with E-state index in [1.54, 1.807) is 4.68 Å². The highest BCUT2D eigenvalue weighted by Crippen LogP contribution is 2.21. The number of nitrogens with one attached hydrogen (secondary N) is 1. The number of nitrogens with zero attached hydrogens (tertiary/aromatic N) is 2. The molecule has 0 aliphatic carbocycles. The first-order valence-electron chi connectivity index (χ1n) is 7.50. The number of aryl methyl sites for hydroxylation is 2. The summed E-state index contributed by atoms with van der Waals surface area (Å²) in [5.74, 6) is 1.15. The summed E-state index contributed by atoms with van der Waals surface area (Å²) < 4.78 is 1.74. The Morgan fingerprint density at radius 3 is 2.70 bits per heavy atom. The fourth-order valence-electron chi connectivity index (χ4n) is 2.45. The highest BCUT2D eigenvalue weighted by Gasteiger charge is 2.15. The zero-order valence-corrected chi connectivity index (χ0v) is 13.1. The third-order valence-corrected chi connectivity index (χ3v) is 3.74. The number of carbonyl (C=O) groups is 1. The molecule has 0 aromatic carbocycles. The van der Waals surface area contributed by atoms with E-state index in [9.17, 15) is 4.79 Å². The fraction of sp³-hybridized carbons (Fsp3) is 0.733. The Hall–Kier alpha value is -1.36. The predicted molar refractivity (Wildman–Crippen MR) is 82.4 cm³/mol. The molecule has 0 fully saturated rings. The van der Waals surface area contributed by atoms with Crippen LogP contribution in [0, 0.1) is 11.8 Å². The lowest BCUT2D eigenvalue weighted by atomic mass is 9.88. The minimum atomic E-state index is 0.0652. The lowest BCUT2D eigenvalue weighted by molar-refractivity contribution is -0.116. The van der Waals surface area contributed by atoms with Crippen LogP contribution in [0.4, 0.5) is 5.69 Å². The molecule has 1 aromatic heterocycles. The number of nitrogens with two attached hydrogens (primary N) is 1. The monoisotopic (exact) mass is 280 g/mol. The summed E-state index contributed by atoms with van der Waals surface area (Å²) in [5.41, 5.74) is 7.39. The second kappa shape index (κ2) is 8.04. The molecule has 1 aromatic rings. The Morgan fingerprint density at radius 2 is 2.15 bits per heavy atom. The molecule has 0 saturated carbocycles. The Labute approximate surface area is 121 Å². The number of carbonyl (C=O) groups excluding carboxylic acids is 1. The van der Waals surface area contributed by atoms with Gasteiger partial charge in [0.15, 0.2) is 0 Å². The molecule has 1 heterocycles. The van der Waals surface area contributed by atoms with Gasteiger partial charge in [0.2, 0.25) is 5.91 Å². The maximum Gasteiger partial charge on any atom is 0.224 e. The van der Waals surface area contributed by atoms with Crippen molar-refractivity contribution in [3.05, 3.63) is 11.9 Å². The largest absolute Gasteiger partial charge is 0.330 e. The van der Waals surface area contributed by atoms with Crippen molar-refractivity contribution in [2.75, 3.05) is 11.9 Å². The van der Waals surface area contributed by atoms with E-state index in [1.807, 2.05) is 20.2 Å². The number of hydrogen-bond donors (Lipinski definition) is 2. The van der Waals surface area contributed by atoms with Crippen molar-refractivity contribution in [3.8, 4) is 0 Å². The summed E-state index contributed by atoms with van der Waals surface area (Å²) in [7, 11) is 1.87. The second-order valence-electron chi connectivity index (χ2n) is 5.68. The number of hydrogen-bond acceptors (Lipinski definition) is 3. The molecule has 0 aliphatic rings. The first kappa shape index (κ1) is 16.7. The van der Waals surface area contributed by atoms with Crippen molar-refractivity contribution in [1.82, 2.24) is 9.78 Å². The van der Waals surface area contributed by atoms with E-state index >= 15 is 0 Å². The molecule has 1 atom stereocenters. The van der Waals surface area contributed by atoms with E-state index in [2.05, 4.69) is 24.3 Å². The average Bonchev–Trinajstić information content (AvgIpc) is 2.74. The average molecular weight is 280 g/mol. The zero-order valence-electron chi connectivity index (χ0n) is 13.1. The smallest absolute Gasteiger partial charge is 0.224 e. The molecule has 114 valence electrons. The van der Waals surface area contributed by atoms with E-state index in [0.29, 0.717) is 24.8 Å². The topological polar surface area (TPSA) is 72.9 Å². The van der Waals surface area contributed by atoms with Gasteiger partial charge in [-0.25, -0.2) is 0 Å². The third kappa shape index (κ3) is 4.96. The Balaban J connectivity index is 2.50. The zero-order chi connectivity index (χ0) is 15.1. The van der Waals surface area contributed by atoms with E-state index in [1.165, 1.54) is 0 Å². The van der Waals surface area contributed by atoms with Crippen LogP contribution in [0.15, 0.2) is 6.20 Å². The van der Waals surface area contributed by atoms with Gasteiger partial charge in [-0.1, -0.05) is 20.8 Å². The summed E-state index contributed by atoms with van der Waals surface area (Å²) in [6.07, 6.45) is 5.09. The van der Waals surface area contributed by atoms with Crippen molar-refractivity contribution < 1.29 is 4.79 Å². The van der Waals surface area contributed by atoms with Crippen molar-refractivity contribution in [2.24, 2.45) is 24.6 Å². The molecule has 3 N–H and O–H groups in total. The summed E-state index contributed by atoms with van der Waals surface area (Å²) in [6, 6.07) is 0. The van der Waals surface area contributed by atoms with Crippen LogP contribution in [0.3, 0.4) is 0 Å². The number of aromatic nitrogens is 2. The molecule has 0 radical (unpaired) electrons. The number of amides is 1. The first-order valence-corrected chi connectivity index (χ1v) is 7.50. The second-order valence-corrected chi connectivity index (χ2v) is 5.68.